The van der Waals surface area contributed by atoms with Gasteiger partial charge in [-0.2, -0.15) is 4.72 Å². The zero-order valence-corrected chi connectivity index (χ0v) is 16.0. The van der Waals surface area contributed by atoms with Crippen LogP contribution >= 0.6 is 0 Å². The zero-order valence-electron chi connectivity index (χ0n) is 15.2. The van der Waals surface area contributed by atoms with E-state index in [1.165, 1.54) is 19.2 Å². The summed E-state index contributed by atoms with van der Waals surface area (Å²) >= 11 is 0. The highest BCUT2D eigenvalue weighted by molar-refractivity contribution is 7.89. The Morgan fingerprint density at radius 3 is 2.12 bits per heavy atom. The summed E-state index contributed by atoms with van der Waals surface area (Å²) in [6, 6.07) is 5.39. The minimum absolute atomic E-state index is 0.127. The first kappa shape index (κ1) is 19.7. The molecule has 1 atom stereocenters. The van der Waals surface area contributed by atoms with E-state index < -0.39 is 16.1 Å². The molecule has 1 aromatic carbocycles. The topological polar surface area (TPSA) is 75.7 Å². The van der Waals surface area contributed by atoms with Crippen molar-refractivity contribution in [2.75, 3.05) is 20.2 Å². The van der Waals surface area contributed by atoms with Gasteiger partial charge < -0.3 is 9.64 Å². The number of amides is 1. The van der Waals surface area contributed by atoms with Crippen molar-refractivity contribution >= 4 is 15.9 Å². The molecule has 0 aromatic heterocycles. The molecule has 0 spiro atoms. The molecule has 1 aliphatic rings. The van der Waals surface area contributed by atoms with Crippen molar-refractivity contribution in [2.24, 2.45) is 5.92 Å². The number of rotatable bonds is 6. The molecule has 0 bridgehead atoms. The highest BCUT2D eigenvalue weighted by atomic mass is 32.2. The molecular formula is C18H28N2O4S. The Morgan fingerprint density at radius 2 is 1.64 bits per heavy atom. The Balaban J connectivity index is 2.17. The molecular weight excluding hydrogens is 340 g/mol. The van der Waals surface area contributed by atoms with Gasteiger partial charge in [0, 0.05) is 13.1 Å². The molecule has 1 unspecified atom stereocenters. The Bertz CT molecular complexity index is 663. The molecule has 0 aliphatic carbocycles. The number of methoxy groups -OCH3 is 1. The van der Waals surface area contributed by atoms with E-state index in [2.05, 4.69) is 4.72 Å². The number of carbonyl (C=O) groups excluding carboxylic acids is 1. The first-order chi connectivity index (χ1) is 11.8. The fraction of sp³-hybridized carbons (Fsp3) is 0.611. The third kappa shape index (κ3) is 5.19. The zero-order chi connectivity index (χ0) is 18.4. The summed E-state index contributed by atoms with van der Waals surface area (Å²) in [5.41, 5.74) is 0. The number of carbonyl (C=O) groups is 1. The standard InChI is InChI=1S/C18H28N2O4S/c1-14(2)17(18(21)20-12-6-4-5-7-13-20)19-25(22,23)16-10-8-15(24-3)9-11-16/h8-11,14,17,19H,4-7,12-13H2,1-3H3. The number of hydrogen-bond donors (Lipinski definition) is 1. The number of likely N-dealkylation sites (tertiary alicyclic amines) is 1. The summed E-state index contributed by atoms with van der Waals surface area (Å²) < 4.78 is 33.0. The number of benzene rings is 1. The van der Waals surface area contributed by atoms with E-state index in [4.69, 9.17) is 4.74 Å². The molecule has 2 rings (SSSR count). The third-order valence-electron chi connectivity index (χ3n) is 4.50. The van der Waals surface area contributed by atoms with Gasteiger partial charge in [-0.25, -0.2) is 8.42 Å². The lowest BCUT2D eigenvalue weighted by Gasteiger charge is -2.28. The van der Waals surface area contributed by atoms with Gasteiger partial charge in [0.1, 0.15) is 11.8 Å². The summed E-state index contributed by atoms with van der Waals surface area (Å²) in [4.78, 5) is 14.8. The van der Waals surface area contributed by atoms with Crippen LogP contribution < -0.4 is 9.46 Å². The summed E-state index contributed by atoms with van der Waals surface area (Å²) in [5, 5.41) is 0. The third-order valence-corrected chi connectivity index (χ3v) is 5.96. The van der Waals surface area contributed by atoms with Crippen molar-refractivity contribution < 1.29 is 17.9 Å². The minimum atomic E-state index is -3.78. The van der Waals surface area contributed by atoms with E-state index in [0.29, 0.717) is 18.8 Å². The monoisotopic (exact) mass is 368 g/mol. The lowest BCUT2D eigenvalue weighted by molar-refractivity contribution is -0.134. The number of hydrogen-bond acceptors (Lipinski definition) is 4. The van der Waals surface area contributed by atoms with Crippen LogP contribution in [0.25, 0.3) is 0 Å². The van der Waals surface area contributed by atoms with Crippen LogP contribution in [0.3, 0.4) is 0 Å². The summed E-state index contributed by atoms with van der Waals surface area (Å²) in [5.74, 6) is 0.317. The number of ether oxygens (including phenoxy) is 1. The lowest BCUT2D eigenvalue weighted by Crippen LogP contribution is -2.51. The molecule has 6 nitrogen and oxygen atoms in total. The molecule has 1 aromatic rings. The predicted molar refractivity (Wildman–Crippen MR) is 97.0 cm³/mol. The van der Waals surface area contributed by atoms with Crippen LogP contribution in [-0.4, -0.2) is 45.5 Å². The molecule has 1 heterocycles. The maximum atomic E-state index is 12.9. The quantitative estimate of drug-likeness (QED) is 0.837. The Hall–Kier alpha value is -1.60. The Kier molecular flexibility index (Phi) is 6.84. The van der Waals surface area contributed by atoms with Gasteiger partial charge in [-0.15, -0.1) is 0 Å². The van der Waals surface area contributed by atoms with Crippen molar-refractivity contribution in [1.29, 1.82) is 0 Å². The summed E-state index contributed by atoms with van der Waals surface area (Å²) in [6.07, 6.45) is 4.19. The molecule has 1 saturated heterocycles. The highest BCUT2D eigenvalue weighted by Gasteiger charge is 2.31. The van der Waals surface area contributed by atoms with Crippen LogP contribution in [0.5, 0.6) is 5.75 Å². The maximum Gasteiger partial charge on any atom is 0.241 e. The van der Waals surface area contributed by atoms with Gasteiger partial charge in [-0.3, -0.25) is 4.79 Å². The molecule has 1 fully saturated rings. The van der Waals surface area contributed by atoms with E-state index >= 15 is 0 Å². The molecule has 1 amide bonds. The van der Waals surface area contributed by atoms with Crippen molar-refractivity contribution in [3.05, 3.63) is 24.3 Å². The van der Waals surface area contributed by atoms with Crippen molar-refractivity contribution in [3.63, 3.8) is 0 Å². The predicted octanol–water partition coefficient (Wildman–Crippen LogP) is 2.40. The van der Waals surface area contributed by atoms with E-state index in [0.717, 1.165) is 25.7 Å². The average Bonchev–Trinajstić information content (AvgIpc) is 2.88. The fourth-order valence-corrected chi connectivity index (χ4v) is 4.29. The Labute approximate surface area is 150 Å². The molecule has 140 valence electrons. The molecule has 1 aliphatic heterocycles. The van der Waals surface area contributed by atoms with Crippen LogP contribution in [0.1, 0.15) is 39.5 Å². The van der Waals surface area contributed by atoms with Gasteiger partial charge in [0.15, 0.2) is 0 Å². The van der Waals surface area contributed by atoms with E-state index in [1.807, 2.05) is 13.8 Å². The van der Waals surface area contributed by atoms with Crippen LogP contribution in [0.4, 0.5) is 0 Å². The van der Waals surface area contributed by atoms with Gasteiger partial charge in [0.05, 0.1) is 12.0 Å². The van der Waals surface area contributed by atoms with Crippen molar-refractivity contribution in [2.45, 2.75) is 50.5 Å². The smallest absolute Gasteiger partial charge is 0.241 e. The molecule has 0 saturated carbocycles. The second kappa shape index (κ2) is 8.67. The Morgan fingerprint density at radius 1 is 1.08 bits per heavy atom. The van der Waals surface area contributed by atoms with Gasteiger partial charge in [0.2, 0.25) is 15.9 Å². The van der Waals surface area contributed by atoms with E-state index in [-0.39, 0.29) is 16.7 Å². The van der Waals surface area contributed by atoms with E-state index in [9.17, 15) is 13.2 Å². The molecule has 1 N–H and O–H groups in total. The molecule has 7 heteroatoms. The maximum absolute atomic E-state index is 12.9. The number of nitrogens with one attached hydrogen (secondary N) is 1. The average molecular weight is 368 g/mol. The second-order valence-electron chi connectivity index (χ2n) is 6.76. The number of sulfonamides is 1. The van der Waals surface area contributed by atoms with Crippen molar-refractivity contribution in [1.82, 2.24) is 9.62 Å². The fourth-order valence-electron chi connectivity index (χ4n) is 2.95. The van der Waals surface area contributed by atoms with Crippen LogP contribution in [0.2, 0.25) is 0 Å². The number of nitrogens with zero attached hydrogens (tertiary/aromatic N) is 1. The van der Waals surface area contributed by atoms with E-state index in [1.54, 1.807) is 17.0 Å². The van der Waals surface area contributed by atoms with Crippen molar-refractivity contribution in [3.8, 4) is 5.75 Å². The van der Waals surface area contributed by atoms with Gasteiger partial charge in [0.25, 0.3) is 0 Å². The van der Waals surface area contributed by atoms with Crippen LogP contribution in [0.15, 0.2) is 29.2 Å². The summed E-state index contributed by atoms with van der Waals surface area (Å²) in [6.45, 7) is 5.12. The first-order valence-corrected chi connectivity index (χ1v) is 10.3. The van der Waals surface area contributed by atoms with Gasteiger partial charge >= 0.3 is 0 Å². The van der Waals surface area contributed by atoms with Crippen LogP contribution in [-0.2, 0) is 14.8 Å². The van der Waals surface area contributed by atoms with Gasteiger partial charge in [-0.1, -0.05) is 26.7 Å². The normalized spacial score (nSPS) is 17.2. The first-order valence-electron chi connectivity index (χ1n) is 8.80. The van der Waals surface area contributed by atoms with Gasteiger partial charge in [-0.05, 0) is 43.0 Å². The lowest BCUT2D eigenvalue weighted by atomic mass is 10.0. The molecule has 0 radical (unpaired) electrons. The van der Waals surface area contributed by atoms with Crippen LogP contribution in [0, 0.1) is 5.92 Å². The minimum Gasteiger partial charge on any atom is -0.497 e. The SMILES string of the molecule is COc1ccc(S(=O)(=O)NC(C(=O)N2CCCCCC2)C(C)C)cc1. The second-order valence-corrected chi connectivity index (χ2v) is 8.47. The largest absolute Gasteiger partial charge is 0.497 e. The summed E-state index contributed by atoms with van der Waals surface area (Å²) in [7, 11) is -2.25. The molecule has 25 heavy (non-hydrogen) atoms. The highest BCUT2D eigenvalue weighted by Crippen LogP contribution is 2.18.